The van der Waals surface area contributed by atoms with Crippen molar-refractivity contribution in [2.45, 2.75) is 64.5 Å². The molecule has 2 unspecified atom stereocenters. The van der Waals surface area contributed by atoms with E-state index in [0.29, 0.717) is 6.04 Å². The summed E-state index contributed by atoms with van der Waals surface area (Å²) in [6, 6.07) is 1.57. The quantitative estimate of drug-likeness (QED) is 0.764. The molecule has 0 aliphatic carbocycles. The van der Waals surface area contributed by atoms with Gasteiger partial charge in [-0.05, 0) is 38.8 Å². The van der Waals surface area contributed by atoms with E-state index in [9.17, 15) is 0 Å². The van der Waals surface area contributed by atoms with Gasteiger partial charge in [-0.1, -0.05) is 26.7 Å². The summed E-state index contributed by atoms with van der Waals surface area (Å²) in [7, 11) is 0. The van der Waals surface area contributed by atoms with Crippen LogP contribution in [0, 0.1) is 0 Å². The molecule has 0 saturated carbocycles. The summed E-state index contributed by atoms with van der Waals surface area (Å²) in [6.45, 7) is 12.3. The van der Waals surface area contributed by atoms with Gasteiger partial charge in [-0.25, -0.2) is 0 Å². The Balaban J connectivity index is 1.77. The van der Waals surface area contributed by atoms with E-state index in [2.05, 4.69) is 29.0 Å². The zero-order valence-electron chi connectivity index (χ0n) is 13.0. The molecule has 2 saturated heterocycles. The molecule has 0 aromatic rings. The highest BCUT2D eigenvalue weighted by molar-refractivity contribution is 4.86. The Bertz CT molecular complexity index is 244. The van der Waals surface area contributed by atoms with Gasteiger partial charge < -0.3 is 5.32 Å². The van der Waals surface area contributed by atoms with Crippen LogP contribution in [0.4, 0.5) is 0 Å². The normalized spacial score (nSPS) is 27.2. The third-order valence-electron chi connectivity index (χ3n) is 4.72. The number of fused-ring (bicyclic) bond motifs is 1. The lowest BCUT2D eigenvalue weighted by molar-refractivity contribution is 0.0443. The maximum atomic E-state index is 3.73. The molecule has 2 fully saturated rings. The van der Waals surface area contributed by atoms with Crippen molar-refractivity contribution in [3.8, 4) is 0 Å². The molecule has 1 N–H and O–H groups in total. The molecule has 0 amide bonds. The third-order valence-corrected chi connectivity index (χ3v) is 4.72. The van der Waals surface area contributed by atoms with Crippen LogP contribution in [0.1, 0.15) is 52.4 Å². The fourth-order valence-electron chi connectivity index (χ4n) is 3.65. The van der Waals surface area contributed by atoms with Gasteiger partial charge in [-0.15, -0.1) is 0 Å². The first-order valence-corrected chi connectivity index (χ1v) is 8.53. The molecule has 3 heteroatoms. The number of hydrogen-bond donors (Lipinski definition) is 1. The average molecular weight is 267 g/mol. The van der Waals surface area contributed by atoms with E-state index < -0.39 is 0 Å². The second kappa shape index (κ2) is 8.23. The van der Waals surface area contributed by atoms with Gasteiger partial charge in [0.1, 0.15) is 0 Å². The first-order valence-electron chi connectivity index (χ1n) is 8.53. The predicted octanol–water partition coefficient (Wildman–Crippen LogP) is 2.32. The summed E-state index contributed by atoms with van der Waals surface area (Å²) < 4.78 is 0. The summed E-state index contributed by atoms with van der Waals surface area (Å²) in [5, 5.41) is 3.73. The van der Waals surface area contributed by atoms with Crippen LogP contribution in [-0.2, 0) is 0 Å². The summed E-state index contributed by atoms with van der Waals surface area (Å²) in [6.07, 6.45) is 8.16. The third kappa shape index (κ3) is 4.73. The molecule has 112 valence electrons. The number of nitrogens with zero attached hydrogens (tertiary/aromatic N) is 2. The molecule has 3 nitrogen and oxygen atoms in total. The topological polar surface area (TPSA) is 18.5 Å². The molecule has 2 heterocycles. The lowest BCUT2D eigenvalue weighted by Crippen LogP contribution is -2.56. The van der Waals surface area contributed by atoms with Crippen LogP contribution < -0.4 is 5.32 Å². The highest BCUT2D eigenvalue weighted by atomic mass is 15.3. The fourth-order valence-corrected chi connectivity index (χ4v) is 3.65. The first kappa shape index (κ1) is 15.3. The van der Waals surface area contributed by atoms with Crippen molar-refractivity contribution in [3.63, 3.8) is 0 Å². The molecule has 2 aliphatic rings. The zero-order chi connectivity index (χ0) is 13.5. The SMILES string of the molecule is CCCNC(CCC)CN1CCN2CCCCC2C1. The molecule has 2 aliphatic heterocycles. The minimum absolute atomic E-state index is 0.708. The fraction of sp³-hybridized carbons (Fsp3) is 1.00. The largest absolute Gasteiger partial charge is 0.313 e. The molecular formula is C16H33N3. The van der Waals surface area contributed by atoms with Crippen LogP contribution in [0.5, 0.6) is 0 Å². The molecule has 2 atom stereocenters. The highest BCUT2D eigenvalue weighted by Gasteiger charge is 2.29. The number of rotatable bonds is 7. The van der Waals surface area contributed by atoms with E-state index in [-0.39, 0.29) is 0 Å². The first-order chi connectivity index (χ1) is 9.33. The Morgan fingerprint density at radius 1 is 1.11 bits per heavy atom. The molecule has 0 aromatic carbocycles. The maximum Gasteiger partial charge on any atom is 0.0223 e. The maximum absolute atomic E-state index is 3.73. The summed E-state index contributed by atoms with van der Waals surface area (Å²) in [5.41, 5.74) is 0. The Kier molecular flexibility index (Phi) is 6.62. The summed E-state index contributed by atoms with van der Waals surface area (Å²) in [5.74, 6) is 0. The summed E-state index contributed by atoms with van der Waals surface area (Å²) in [4.78, 5) is 5.45. The van der Waals surface area contributed by atoms with Crippen molar-refractivity contribution >= 4 is 0 Å². The van der Waals surface area contributed by atoms with Gasteiger partial charge in [0.15, 0.2) is 0 Å². The predicted molar refractivity (Wildman–Crippen MR) is 82.6 cm³/mol. The number of nitrogens with one attached hydrogen (secondary N) is 1. The smallest absolute Gasteiger partial charge is 0.0223 e. The lowest BCUT2D eigenvalue weighted by Gasteiger charge is -2.45. The van der Waals surface area contributed by atoms with Crippen LogP contribution in [-0.4, -0.2) is 61.2 Å². The standard InChI is InChI=1S/C16H33N3/c1-3-7-15(17-9-4-2)13-18-11-12-19-10-6-5-8-16(19)14-18/h15-17H,3-14H2,1-2H3. The van der Waals surface area contributed by atoms with Gasteiger partial charge in [0, 0.05) is 38.3 Å². The lowest BCUT2D eigenvalue weighted by atomic mass is 9.99. The second-order valence-electron chi connectivity index (χ2n) is 6.38. The van der Waals surface area contributed by atoms with Crippen molar-refractivity contribution in [2.75, 3.05) is 39.3 Å². The minimum Gasteiger partial charge on any atom is -0.313 e. The Hall–Kier alpha value is -0.120. The van der Waals surface area contributed by atoms with Gasteiger partial charge in [0.2, 0.25) is 0 Å². The molecule has 19 heavy (non-hydrogen) atoms. The Morgan fingerprint density at radius 3 is 2.79 bits per heavy atom. The monoisotopic (exact) mass is 267 g/mol. The molecule has 0 radical (unpaired) electrons. The van der Waals surface area contributed by atoms with E-state index in [1.807, 2.05) is 0 Å². The van der Waals surface area contributed by atoms with Crippen LogP contribution in [0.15, 0.2) is 0 Å². The van der Waals surface area contributed by atoms with Gasteiger partial charge in [0.25, 0.3) is 0 Å². The molecule has 0 aromatic heterocycles. The average Bonchev–Trinajstić information content (AvgIpc) is 2.45. The van der Waals surface area contributed by atoms with Crippen LogP contribution in [0.2, 0.25) is 0 Å². The van der Waals surface area contributed by atoms with Gasteiger partial charge in [-0.3, -0.25) is 9.80 Å². The van der Waals surface area contributed by atoms with E-state index >= 15 is 0 Å². The molecule has 0 bridgehead atoms. The van der Waals surface area contributed by atoms with Crippen molar-refractivity contribution < 1.29 is 0 Å². The summed E-state index contributed by atoms with van der Waals surface area (Å²) >= 11 is 0. The highest BCUT2D eigenvalue weighted by Crippen LogP contribution is 2.21. The Labute approximate surface area is 119 Å². The number of hydrogen-bond acceptors (Lipinski definition) is 3. The number of piperazine rings is 1. The van der Waals surface area contributed by atoms with E-state index in [1.165, 1.54) is 77.8 Å². The van der Waals surface area contributed by atoms with Gasteiger partial charge >= 0.3 is 0 Å². The van der Waals surface area contributed by atoms with Gasteiger partial charge in [-0.2, -0.15) is 0 Å². The van der Waals surface area contributed by atoms with E-state index in [1.54, 1.807) is 0 Å². The molecule has 2 rings (SSSR count). The second-order valence-corrected chi connectivity index (χ2v) is 6.38. The minimum atomic E-state index is 0.708. The Morgan fingerprint density at radius 2 is 2.00 bits per heavy atom. The van der Waals surface area contributed by atoms with Crippen molar-refractivity contribution in [1.82, 2.24) is 15.1 Å². The van der Waals surface area contributed by atoms with Gasteiger partial charge in [0.05, 0.1) is 0 Å². The van der Waals surface area contributed by atoms with Crippen LogP contribution in [0.3, 0.4) is 0 Å². The molecule has 0 spiro atoms. The number of piperidine rings is 1. The van der Waals surface area contributed by atoms with Crippen molar-refractivity contribution in [3.05, 3.63) is 0 Å². The molecular weight excluding hydrogens is 234 g/mol. The van der Waals surface area contributed by atoms with E-state index in [0.717, 1.165) is 6.04 Å². The van der Waals surface area contributed by atoms with Crippen LogP contribution >= 0.6 is 0 Å². The zero-order valence-corrected chi connectivity index (χ0v) is 13.0. The van der Waals surface area contributed by atoms with Crippen molar-refractivity contribution in [2.24, 2.45) is 0 Å². The van der Waals surface area contributed by atoms with Crippen LogP contribution in [0.25, 0.3) is 0 Å². The van der Waals surface area contributed by atoms with E-state index in [4.69, 9.17) is 0 Å². The van der Waals surface area contributed by atoms with Crippen molar-refractivity contribution in [1.29, 1.82) is 0 Å².